The lowest BCUT2D eigenvalue weighted by molar-refractivity contribution is -0.384. The summed E-state index contributed by atoms with van der Waals surface area (Å²) < 4.78 is 27.0. The second kappa shape index (κ2) is 5.14. The minimum Gasteiger partial charge on any atom is -0.258 e. The van der Waals surface area contributed by atoms with E-state index in [1.165, 1.54) is 30.5 Å². The fraction of sp³-hybridized carbons (Fsp3) is 0.143. The summed E-state index contributed by atoms with van der Waals surface area (Å²) in [6, 6.07) is 7.05. The van der Waals surface area contributed by atoms with E-state index in [0.717, 1.165) is 10.1 Å². The van der Waals surface area contributed by atoms with Gasteiger partial charge in [-0.3, -0.25) is 10.1 Å². The highest BCUT2D eigenvalue weighted by atomic mass is 19.3. The summed E-state index contributed by atoms with van der Waals surface area (Å²) in [6.07, 6.45) is -1.26. The van der Waals surface area contributed by atoms with E-state index in [1.807, 2.05) is 0 Å². The Morgan fingerprint density at radius 1 is 1.27 bits per heavy atom. The van der Waals surface area contributed by atoms with Crippen molar-refractivity contribution in [3.8, 4) is 11.4 Å². The van der Waals surface area contributed by atoms with Gasteiger partial charge in [0.1, 0.15) is 5.69 Å². The molecule has 0 aliphatic carbocycles. The third-order valence-electron chi connectivity index (χ3n) is 3.32. The molecule has 0 N–H and O–H groups in total. The van der Waals surface area contributed by atoms with E-state index in [-0.39, 0.29) is 17.2 Å². The number of nitrogens with zero attached hydrogens (tertiary/aromatic N) is 4. The van der Waals surface area contributed by atoms with Crippen LogP contribution < -0.4 is 0 Å². The largest absolute Gasteiger partial charge is 0.280 e. The summed E-state index contributed by atoms with van der Waals surface area (Å²) in [7, 11) is 0. The number of halogens is 2. The summed E-state index contributed by atoms with van der Waals surface area (Å²) in [5.74, 6) is 0.159. The number of rotatable bonds is 3. The molecule has 0 spiro atoms. The lowest BCUT2D eigenvalue weighted by Crippen LogP contribution is -2.02. The number of benzene rings is 1. The normalized spacial score (nSPS) is 11.3. The molecule has 8 heteroatoms. The maximum absolute atomic E-state index is 12.9. The lowest BCUT2D eigenvalue weighted by Gasteiger charge is -2.06. The van der Waals surface area contributed by atoms with Crippen LogP contribution in [-0.2, 0) is 0 Å². The van der Waals surface area contributed by atoms with Gasteiger partial charge in [0.05, 0.1) is 16.6 Å². The van der Waals surface area contributed by atoms with Crippen molar-refractivity contribution >= 4 is 11.2 Å². The average molecular weight is 304 g/mol. The smallest absolute Gasteiger partial charge is 0.258 e. The van der Waals surface area contributed by atoms with Gasteiger partial charge < -0.3 is 0 Å². The number of aromatic nitrogens is 3. The van der Waals surface area contributed by atoms with Gasteiger partial charge >= 0.3 is 0 Å². The van der Waals surface area contributed by atoms with Crippen molar-refractivity contribution in [1.82, 2.24) is 14.6 Å². The molecule has 0 unspecified atom stereocenters. The quantitative estimate of drug-likeness (QED) is 0.548. The van der Waals surface area contributed by atoms with Crippen molar-refractivity contribution in [3.63, 3.8) is 0 Å². The number of hydrogen-bond acceptors (Lipinski definition) is 4. The van der Waals surface area contributed by atoms with Crippen molar-refractivity contribution < 1.29 is 13.7 Å². The number of fused-ring (bicyclic) bond motifs is 1. The van der Waals surface area contributed by atoms with Crippen LogP contribution in [-0.4, -0.2) is 19.5 Å². The molecule has 0 bridgehead atoms. The number of alkyl halides is 2. The van der Waals surface area contributed by atoms with Crippen LogP contribution in [0, 0.1) is 17.0 Å². The van der Waals surface area contributed by atoms with Gasteiger partial charge in [-0.25, -0.2) is 18.3 Å². The molecule has 22 heavy (non-hydrogen) atoms. The number of aryl methyl sites for hydroxylation is 1. The number of non-ortho nitro benzene ring substituents is 1. The SMILES string of the molecule is Cc1ccc([N+](=O)[O-])cc1-c1ncc2ccc(C(F)F)n2n1. The highest BCUT2D eigenvalue weighted by Gasteiger charge is 2.16. The van der Waals surface area contributed by atoms with Gasteiger partial charge in [0, 0.05) is 17.7 Å². The molecule has 2 aromatic heterocycles. The van der Waals surface area contributed by atoms with Crippen LogP contribution in [0.25, 0.3) is 16.9 Å². The molecule has 0 saturated carbocycles. The van der Waals surface area contributed by atoms with Crippen LogP contribution in [0.15, 0.2) is 36.5 Å². The Bertz CT molecular complexity index is 876. The molecule has 0 saturated heterocycles. The van der Waals surface area contributed by atoms with E-state index in [2.05, 4.69) is 10.1 Å². The standard InChI is InChI=1S/C14H10F2N4O2/c1-8-2-3-9(20(21)22)6-11(8)14-17-7-10-4-5-12(13(15)16)19(10)18-14/h2-7,13H,1H3. The highest BCUT2D eigenvalue weighted by molar-refractivity contribution is 5.64. The van der Waals surface area contributed by atoms with Crippen LogP contribution in [0.2, 0.25) is 0 Å². The third-order valence-corrected chi connectivity index (χ3v) is 3.32. The fourth-order valence-corrected chi connectivity index (χ4v) is 2.18. The lowest BCUT2D eigenvalue weighted by atomic mass is 10.1. The molecule has 2 heterocycles. The molecule has 3 aromatic rings. The predicted molar refractivity (Wildman–Crippen MR) is 74.8 cm³/mol. The average Bonchev–Trinajstić information content (AvgIpc) is 2.90. The molecule has 0 fully saturated rings. The Kier molecular flexibility index (Phi) is 3.28. The predicted octanol–water partition coefficient (Wildman–Crippen LogP) is 3.55. The molecule has 0 aliphatic heterocycles. The van der Waals surface area contributed by atoms with E-state index in [4.69, 9.17) is 0 Å². The maximum atomic E-state index is 12.9. The van der Waals surface area contributed by atoms with Gasteiger partial charge in [-0.05, 0) is 24.6 Å². The summed E-state index contributed by atoms with van der Waals surface area (Å²) in [5.41, 5.74) is 1.23. The van der Waals surface area contributed by atoms with E-state index >= 15 is 0 Å². The molecule has 1 aromatic carbocycles. The Morgan fingerprint density at radius 2 is 2.05 bits per heavy atom. The van der Waals surface area contributed by atoms with Crippen LogP contribution >= 0.6 is 0 Å². The molecule has 112 valence electrons. The summed E-state index contributed by atoms with van der Waals surface area (Å²) >= 11 is 0. The molecule has 0 amide bonds. The minimum atomic E-state index is -2.67. The van der Waals surface area contributed by atoms with Crippen molar-refractivity contribution in [1.29, 1.82) is 0 Å². The van der Waals surface area contributed by atoms with Gasteiger partial charge in [-0.2, -0.15) is 0 Å². The van der Waals surface area contributed by atoms with Crippen LogP contribution in [0.1, 0.15) is 17.7 Å². The number of nitro benzene ring substituents is 1. The Morgan fingerprint density at radius 3 is 2.73 bits per heavy atom. The second-order valence-corrected chi connectivity index (χ2v) is 4.73. The van der Waals surface area contributed by atoms with Gasteiger partial charge in [-0.15, -0.1) is 5.10 Å². The zero-order valence-corrected chi connectivity index (χ0v) is 11.4. The van der Waals surface area contributed by atoms with Crippen molar-refractivity contribution in [2.45, 2.75) is 13.3 Å². The maximum Gasteiger partial charge on any atom is 0.280 e. The van der Waals surface area contributed by atoms with Crippen LogP contribution in [0.3, 0.4) is 0 Å². The Balaban J connectivity index is 2.20. The monoisotopic (exact) mass is 304 g/mol. The van der Waals surface area contributed by atoms with E-state index in [1.54, 1.807) is 13.0 Å². The summed E-state index contributed by atoms with van der Waals surface area (Å²) in [6.45, 7) is 1.75. The minimum absolute atomic E-state index is 0.106. The summed E-state index contributed by atoms with van der Waals surface area (Å²) in [4.78, 5) is 14.5. The molecule has 0 atom stereocenters. The Hall–Kier alpha value is -2.90. The van der Waals surface area contributed by atoms with Crippen LogP contribution in [0.5, 0.6) is 0 Å². The zero-order chi connectivity index (χ0) is 15.9. The summed E-state index contributed by atoms with van der Waals surface area (Å²) in [5, 5.41) is 15.0. The van der Waals surface area contributed by atoms with Crippen LogP contribution in [0.4, 0.5) is 14.5 Å². The molecule has 3 rings (SSSR count). The molecular weight excluding hydrogens is 294 g/mol. The number of hydrogen-bond donors (Lipinski definition) is 0. The molecule has 0 radical (unpaired) electrons. The third kappa shape index (κ3) is 2.28. The molecular formula is C14H10F2N4O2. The first kappa shape index (κ1) is 14.1. The highest BCUT2D eigenvalue weighted by Crippen LogP contribution is 2.26. The van der Waals surface area contributed by atoms with Crippen molar-refractivity contribution in [3.05, 3.63) is 57.9 Å². The first-order valence-corrected chi connectivity index (χ1v) is 6.35. The molecule has 0 aliphatic rings. The second-order valence-electron chi connectivity index (χ2n) is 4.73. The van der Waals surface area contributed by atoms with E-state index < -0.39 is 11.3 Å². The first-order valence-electron chi connectivity index (χ1n) is 6.35. The molecule has 6 nitrogen and oxygen atoms in total. The topological polar surface area (TPSA) is 73.3 Å². The van der Waals surface area contributed by atoms with E-state index in [9.17, 15) is 18.9 Å². The van der Waals surface area contributed by atoms with Crippen molar-refractivity contribution in [2.75, 3.05) is 0 Å². The van der Waals surface area contributed by atoms with Crippen molar-refractivity contribution in [2.24, 2.45) is 0 Å². The number of nitro groups is 1. The first-order chi connectivity index (χ1) is 10.5. The van der Waals surface area contributed by atoms with Gasteiger partial charge in [-0.1, -0.05) is 6.07 Å². The van der Waals surface area contributed by atoms with Gasteiger partial charge in [0.15, 0.2) is 5.82 Å². The van der Waals surface area contributed by atoms with E-state index in [0.29, 0.717) is 11.1 Å². The van der Waals surface area contributed by atoms with Gasteiger partial charge in [0.25, 0.3) is 12.1 Å². The zero-order valence-electron chi connectivity index (χ0n) is 11.4. The Labute approximate surface area is 123 Å². The van der Waals surface area contributed by atoms with Gasteiger partial charge in [0.2, 0.25) is 0 Å². The fourth-order valence-electron chi connectivity index (χ4n) is 2.18.